The third kappa shape index (κ3) is 9.43. The lowest BCUT2D eigenvalue weighted by atomic mass is 10.1. The lowest BCUT2D eigenvalue weighted by molar-refractivity contribution is 0.261. The molecule has 0 unspecified atom stereocenters. The van der Waals surface area contributed by atoms with Crippen LogP contribution >= 0.6 is 23.2 Å². The summed E-state index contributed by atoms with van der Waals surface area (Å²) in [5.74, 6) is 1.98. The Labute approximate surface area is 283 Å². The topological polar surface area (TPSA) is 137 Å². The van der Waals surface area contributed by atoms with E-state index in [1.807, 2.05) is 96.9 Å². The van der Waals surface area contributed by atoms with E-state index in [4.69, 9.17) is 32.7 Å². The van der Waals surface area contributed by atoms with E-state index in [-0.39, 0.29) is 47.4 Å². The molecule has 246 valence electrons. The number of aromatic nitrogens is 4. The zero-order valence-electron chi connectivity index (χ0n) is 26.1. The van der Waals surface area contributed by atoms with Crippen LogP contribution in [0.1, 0.15) is 28.8 Å². The van der Waals surface area contributed by atoms with Crippen LogP contribution in [0.3, 0.4) is 0 Å². The number of benzene rings is 3. The van der Waals surface area contributed by atoms with Gasteiger partial charge in [-0.15, -0.1) is 0 Å². The van der Waals surface area contributed by atoms with Crippen molar-refractivity contribution in [1.29, 1.82) is 0 Å². The maximum atomic E-state index is 9.96. The Bertz CT molecular complexity index is 1690. The van der Waals surface area contributed by atoms with Crippen LogP contribution in [0.5, 0.6) is 17.2 Å². The first kappa shape index (κ1) is 35.2. The lowest BCUT2D eigenvalue weighted by Crippen LogP contribution is -2.28. The fourth-order valence-electron chi connectivity index (χ4n) is 4.73. The van der Waals surface area contributed by atoms with Crippen LogP contribution in [0, 0.1) is 0 Å². The molecule has 3 aromatic carbocycles. The normalized spacial score (nSPS) is 11.9. The lowest BCUT2D eigenvalue weighted by Gasteiger charge is -2.29. The molecule has 47 heavy (non-hydrogen) atoms. The summed E-state index contributed by atoms with van der Waals surface area (Å²) in [5, 5.41) is 29.5. The molecule has 0 saturated carbocycles. The average molecular weight is 680 g/mol. The van der Waals surface area contributed by atoms with E-state index in [2.05, 4.69) is 19.9 Å². The van der Waals surface area contributed by atoms with Crippen LogP contribution < -0.4 is 19.3 Å². The van der Waals surface area contributed by atoms with Crippen LogP contribution in [-0.2, 0) is 6.61 Å². The molecule has 0 aliphatic rings. The first-order valence-electron chi connectivity index (χ1n) is 14.5. The third-order valence-electron chi connectivity index (χ3n) is 7.30. The van der Waals surface area contributed by atoms with Gasteiger partial charge in [0.2, 0.25) is 10.6 Å². The zero-order chi connectivity index (χ0) is 33.8. The summed E-state index contributed by atoms with van der Waals surface area (Å²) < 4.78 is 11.1. The van der Waals surface area contributed by atoms with Gasteiger partial charge in [-0.05, 0) is 52.0 Å². The maximum Gasteiger partial charge on any atom is 0.224 e. The van der Waals surface area contributed by atoms with Crippen molar-refractivity contribution in [3.8, 4) is 17.2 Å². The summed E-state index contributed by atoms with van der Waals surface area (Å²) >= 11 is 11.8. The average Bonchev–Trinajstić information content (AvgIpc) is 3.10. The molecule has 2 aromatic heterocycles. The zero-order valence-corrected chi connectivity index (χ0v) is 27.6. The van der Waals surface area contributed by atoms with Gasteiger partial charge in [-0.1, -0.05) is 72.8 Å². The summed E-state index contributed by atoms with van der Waals surface area (Å²) in [4.78, 5) is 19.6. The summed E-state index contributed by atoms with van der Waals surface area (Å²) in [7, 11) is 5.20. The minimum atomic E-state index is -0.321. The van der Waals surface area contributed by atoms with Crippen molar-refractivity contribution in [2.75, 3.05) is 44.2 Å². The predicted molar refractivity (Wildman–Crippen MR) is 182 cm³/mol. The van der Waals surface area contributed by atoms with E-state index >= 15 is 0 Å². The van der Waals surface area contributed by atoms with E-state index in [1.54, 1.807) is 25.3 Å². The van der Waals surface area contributed by atoms with Crippen molar-refractivity contribution in [2.45, 2.75) is 18.7 Å². The molecular weight excluding hydrogens is 643 g/mol. The molecular formula is C34H36Cl2N6O5. The largest absolute Gasteiger partial charge is 0.503 e. The Morgan fingerprint density at radius 2 is 1.19 bits per heavy atom. The second kappa shape index (κ2) is 17.3. The number of anilines is 2. The molecule has 5 rings (SSSR count). The highest BCUT2D eigenvalue weighted by molar-refractivity contribution is 6.28. The van der Waals surface area contributed by atoms with Crippen LogP contribution in [0.15, 0.2) is 97.3 Å². The van der Waals surface area contributed by atoms with Crippen LogP contribution in [0.4, 0.5) is 11.6 Å². The highest BCUT2D eigenvalue weighted by atomic mass is 35.5. The van der Waals surface area contributed by atoms with E-state index < -0.39 is 0 Å². The summed E-state index contributed by atoms with van der Waals surface area (Å²) in [6.45, 7) is 0.145. The van der Waals surface area contributed by atoms with Gasteiger partial charge in [0.15, 0.2) is 23.1 Å². The number of hydrogen-bond donors (Lipinski definition) is 3. The number of nitrogens with zero attached hydrogens (tertiary/aromatic N) is 6. The molecule has 0 radical (unpaired) electrons. The van der Waals surface area contributed by atoms with Gasteiger partial charge in [0, 0.05) is 14.1 Å². The Morgan fingerprint density at radius 1 is 0.702 bits per heavy atom. The fourth-order valence-corrected chi connectivity index (χ4v) is 4.99. The van der Waals surface area contributed by atoms with E-state index in [9.17, 15) is 15.3 Å². The molecule has 0 spiro atoms. The number of halogens is 2. The number of aromatic hydroxyl groups is 1. The molecule has 11 nitrogen and oxygen atoms in total. The molecule has 13 heteroatoms. The van der Waals surface area contributed by atoms with E-state index in [0.29, 0.717) is 18.2 Å². The molecule has 0 fully saturated rings. The molecule has 2 atom stereocenters. The van der Waals surface area contributed by atoms with Gasteiger partial charge in [0.25, 0.3) is 0 Å². The maximum absolute atomic E-state index is 9.96. The van der Waals surface area contributed by atoms with Gasteiger partial charge in [-0.25, -0.2) is 9.97 Å². The van der Waals surface area contributed by atoms with Gasteiger partial charge in [0.1, 0.15) is 12.4 Å². The van der Waals surface area contributed by atoms with Gasteiger partial charge in [0.05, 0.1) is 44.8 Å². The first-order chi connectivity index (χ1) is 22.7. The van der Waals surface area contributed by atoms with Crippen molar-refractivity contribution in [3.63, 3.8) is 0 Å². The SMILES string of the molecule is CN(c1nc(Cl)ncc1O)[C@@H](CO)c1ccccc1.COc1ccc(COc2cnc(Cl)nc2N(C)[C@@H](CO)c2ccccc2)cc1. The molecule has 0 aliphatic carbocycles. The van der Waals surface area contributed by atoms with Crippen LogP contribution in [0.2, 0.25) is 10.6 Å². The van der Waals surface area contributed by atoms with Crippen molar-refractivity contribution < 1.29 is 24.8 Å². The van der Waals surface area contributed by atoms with Gasteiger partial charge < -0.3 is 34.6 Å². The van der Waals surface area contributed by atoms with E-state index in [1.165, 1.54) is 6.20 Å². The minimum Gasteiger partial charge on any atom is -0.503 e. The molecule has 0 saturated heterocycles. The number of aliphatic hydroxyl groups excluding tert-OH is 2. The number of hydrogen-bond acceptors (Lipinski definition) is 11. The molecule has 0 bridgehead atoms. The number of ether oxygens (including phenoxy) is 2. The van der Waals surface area contributed by atoms with Gasteiger partial charge in [-0.3, -0.25) is 0 Å². The molecule has 0 aliphatic heterocycles. The minimum absolute atomic E-state index is 0.0457. The summed E-state index contributed by atoms with van der Waals surface area (Å²) in [6, 6.07) is 26.2. The summed E-state index contributed by atoms with van der Waals surface area (Å²) in [5.41, 5.74) is 2.86. The first-order valence-corrected chi connectivity index (χ1v) is 15.3. The van der Waals surface area contributed by atoms with Crippen LogP contribution in [0.25, 0.3) is 0 Å². The van der Waals surface area contributed by atoms with Crippen molar-refractivity contribution >= 4 is 34.8 Å². The van der Waals surface area contributed by atoms with Gasteiger partial charge in [-0.2, -0.15) is 9.97 Å². The Balaban J connectivity index is 0.000000229. The molecule has 0 amide bonds. The Morgan fingerprint density at radius 3 is 1.70 bits per heavy atom. The van der Waals surface area contributed by atoms with Crippen molar-refractivity contribution in [3.05, 3.63) is 125 Å². The number of methoxy groups -OCH3 is 1. The summed E-state index contributed by atoms with van der Waals surface area (Å²) in [6.07, 6.45) is 2.78. The molecule has 3 N–H and O–H groups in total. The van der Waals surface area contributed by atoms with Gasteiger partial charge >= 0.3 is 0 Å². The second-order valence-corrected chi connectivity index (χ2v) is 10.9. The molecule has 2 heterocycles. The predicted octanol–water partition coefficient (Wildman–Crippen LogP) is 5.89. The monoisotopic (exact) mass is 678 g/mol. The third-order valence-corrected chi connectivity index (χ3v) is 7.66. The second-order valence-electron chi connectivity index (χ2n) is 10.3. The highest BCUT2D eigenvalue weighted by Crippen LogP contribution is 2.33. The van der Waals surface area contributed by atoms with Crippen molar-refractivity contribution in [1.82, 2.24) is 19.9 Å². The number of aliphatic hydroxyl groups is 2. The highest BCUT2D eigenvalue weighted by Gasteiger charge is 2.23. The van der Waals surface area contributed by atoms with Crippen LogP contribution in [-0.4, -0.2) is 69.7 Å². The quantitative estimate of drug-likeness (QED) is 0.136. The van der Waals surface area contributed by atoms with E-state index in [0.717, 1.165) is 22.4 Å². The van der Waals surface area contributed by atoms with Crippen molar-refractivity contribution in [2.24, 2.45) is 0 Å². The fraction of sp³-hybridized carbons (Fsp3) is 0.235. The standard InChI is InChI=1S/C21H22ClN3O3.C13H14ClN3O2/c1-25(18(13-26)16-6-4-3-5-7-16)20-19(12-23-21(22)24-20)28-14-15-8-10-17(27-2)11-9-15;1-17(12-11(19)7-15-13(14)16-12)10(8-18)9-5-3-2-4-6-9/h3-12,18,26H,13-14H2,1-2H3;2-7,10,18-19H,8H2,1H3/t18-;10-/m00/s1. The number of rotatable bonds is 12. The Kier molecular flexibility index (Phi) is 12.9. The Hall–Kier alpha value is -4.68. The smallest absolute Gasteiger partial charge is 0.224 e. The molecule has 5 aromatic rings. The number of likely N-dealkylation sites (N-methyl/N-ethyl adjacent to an activating group) is 2.